The van der Waals surface area contributed by atoms with E-state index in [4.69, 9.17) is 0 Å². The molecule has 0 bridgehead atoms. The maximum absolute atomic E-state index is 11.6. The Bertz CT molecular complexity index is 404. The van der Waals surface area contributed by atoms with Crippen LogP contribution in [0.5, 0.6) is 0 Å². The molecular weight excluding hydrogens is 254 g/mol. The smallest absolute Gasteiger partial charge is 0.211 e. The maximum Gasteiger partial charge on any atom is 0.211 e. The quantitative estimate of drug-likeness (QED) is 0.567. The number of hydrogen-bond acceptors (Lipinski definition) is 5. The van der Waals surface area contributed by atoms with Crippen molar-refractivity contribution in [3.8, 4) is 0 Å². The van der Waals surface area contributed by atoms with E-state index in [1.807, 2.05) is 6.92 Å². The summed E-state index contributed by atoms with van der Waals surface area (Å²) >= 11 is 0. The summed E-state index contributed by atoms with van der Waals surface area (Å²) in [5, 5.41) is 10.6. The zero-order valence-electron chi connectivity index (χ0n) is 10.7. The molecule has 0 aliphatic carbocycles. The second-order valence-electron chi connectivity index (χ2n) is 3.94. The Kier molecular flexibility index (Phi) is 6.84. The molecule has 2 N–H and O–H groups in total. The van der Waals surface area contributed by atoms with Crippen molar-refractivity contribution in [2.24, 2.45) is 0 Å². The fourth-order valence-electron chi connectivity index (χ4n) is 1.46. The van der Waals surface area contributed by atoms with Gasteiger partial charge in [-0.1, -0.05) is 12.1 Å². The molecule has 0 saturated carbocycles. The van der Waals surface area contributed by atoms with Gasteiger partial charge in [-0.05, 0) is 25.9 Å². The fourth-order valence-corrected chi connectivity index (χ4v) is 2.59. The summed E-state index contributed by atoms with van der Waals surface area (Å²) in [6.07, 6.45) is 4.81. The molecule has 0 saturated heterocycles. The van der Waals surface area contributed by atoms with Gasteiger partial charge in [0, 0.05) is 12.7 Å². The molecule has 7 nitrogen and oxygen atoms in total. The van der Waals surface area contributed by atoms with E-state index in [1.54, 1.807) is 17.1 Å². The molecule has 0 atom stereocenters. The molecule has 0 aliphatic heterocycles. The molecule has 8 heteroatoms. The first-order chi connectivity index (χ1) is 8.64. The number of unbranched alkanes of at least 4 members (excludes halogenated alkanes) is 1. The van der Waals surface area contributed by atoms with E-state index in [2.05, 4.69) is 20.4 Å². The third kappa shape index (κ3) is 6.67. The summed E-state index contributed by atoms with van der Waals surface area (Å²) in [5.41, 5.74) is 0. The number of sulfonamides is 1. The highest BCUT2D eigenvalue weighted by molar-refractivity contribution is 7.89. The van der Waals surface area contributed by atoms with Crippen molar-refractivity contribution in [3.63, 3.8) is 0 Å². The van der Waals surface area contributed by atoms with E-state index in [0.717, 1.165) is 19.5 Å². The molecule has 1 aromatic heterocycles. The zero-order chi connectivity index (χ0) is 13.3. The number of nitrogens with one attached hydrogen (secondary N) is 2. The summed E-state index contributed by atoms with van der Waals surface area (Å²) in [6.45, 7) is 4.66. The van der Waals surface area contributed by atoms with Crippen LogP contribution < -0.4 is 10.0 Å². The first-order valence-corrected chi connectivity index (χ1v) is 7.81. The standard InChI is InChI=1S/C10H21N5O2S/c1-2-11-5-3-4-10-18(16,17)13-7-9-15-8-6-12-14-15/h6,8,11,13H,2-5,7,9-10H2,1H3. The van der Waals surface area contributed by atoms with E-state index in [0.29, 0.717) is 19.5 Å². The van der Waals surface area contributed by atoms with Gasteiger partial charge < -0.3 is 5.32 Å². The Morgan fingerprint density at radius 3 is 2.78 bits per heavy atom. The van der Waals surface area contributed by atoms with Crippen LogP contribution in [0.1, 0.15) is 19.8 Å². The van der Waals surface area contributed by atoms with Crippen LogP contribution in [-0.4, -0.2) is 48.8 Å². The molecule has 0 spiro atoms. The van der Waals surface area contributed by atoms with Crippen molar-refractivity contribution >= 4 is 10.0 Å². The molecular formula is C10H21N5O2S. The van der Waals surface area contributed by atoms with E-state index < -0.39 is 10.0 Å². The van der Waals surface area contributed by atoms with Gasteiger partial charge in [-0.25, -0.2) is 13.1 Å². The predicted molar refractivity (Wildman–Crippen MR) is 69.6 cm³/mol. The number of nitrogens with zero attached hydrogens (tertiary/aromatic N) is 3. The Balaban J connectivity index is 2.11. The van der Waals surface area contributed by atoms with Gasteiger partial charge in [-0.2, -0.15) is 0 Å². The number of rotatable bonds is 10. The highest BCUT2D eigenvalue weighted by Gasteiger charge is 2.08. The third-order valence-electron chi connectivity index (χ3n) is 2.40. The molecule has 0 aromatic carbocycles. The van der Waals surface area contributed by atoms with E-state index in [-0.39, 0.29) is 5.75 Å². The Morgan fingerprint density at radius 1 is 1.28 bits per heavy atom. The molecule has 104 valence electrons. The average molecular weight is 275 g/mol. The lowest BCUT2D eigenvalue weighted by Crippen LogP contribution is -2.30. The monoisotopic (exact) mass is 275 g/mol. The first-order valence-electron chi connectivity index (χ1n) is 6.16. The predicted octanol–water partition coefficient (Wildman–Crippen LogP) is -0.413. The van der Waals surface area contributed by atoms with Crippen LogP contribution in [0.15, 0.2) is 12.4 Å². The fraction of sp³-hybridized carbons (Fsp3) is 0.800. The highest BCUT2D eigenvalue weighted by atomic mass is 32.2. The lowest BCUT2D eigenvalue weighted by molar-refractivity contribution is 0.549. The van der Waals surface area contributed by atoms with Crippen molar-refractivity contribution in [1.29, 1.82) is 0 Å². The lowest BCUT2D eigenvalue weighted by Gasteiger charge is -2.06. The summed E-state index contributed by atoms with van der Waals surface area (Å²) in [4.78, 5) is 0. The van der Waals surface area contributed by atoms with Crippen molar-refractivity contribution in [2.75, 3.05) is 25.4 Å². The summed E-state index contributed by atoms with van der Waals surface area (Å²) < 4.78 is 27.4. The van der Waals surface area contributed by atoms with E-state index in [9.17, 15) is 8.42 Å². The average Bonchev–Trinajstić information content (AvgIpc) is 2.81. The van der Waals surface area contributed by atoms with Gasteiger partial charge in [0.25, 0.3) is 0 Å². The molecule has 1 aromatic rings. The second-order valence-corrected chi connectivity index (χ2v) is 5.87. The zero-order valence-corrected chi connectivity index (χ0v) is 11.5. The topological polar surface area (TPSA) is 88.9 Å². The van der Waals surface area contributed by atoms with Crippen LogP contribution in [0, 0.1) is 0 Å². The van der Waals surface area contributed by atoms with Gasteiger partial charge in [0.15, 0.2) is 0 Å². The molecule has 18 heavy (non-hydrogen) atoms. The van der Waals surface area contributed by atoms with E-state index >= 15 is 0 Å². The largest absolute Gasteiger partial charge is 0.317 e. The number of hydrogen-bond donors (Lipinski definition) is 2. The van der Waals surface area contributed by atoms with Crippen LogP contribution in [0.2, 0.25) is 0 Å². The highest BCUT2D eigenvalue weighted by Crippen LogP contribution is 1.94. The SMILES string of the molecule is CCNCCCCS(=O)(=O)NCCn1ccnn1. The Labute approximate surface area is 108 Å². The minimum atomic E-state index is -3.16. The molecule has 0 unspecified atom stereocenters. The summed E-state index contributed by atoms with van der Waals surface area (Å²) in [7, 11) is -3.16. The minimum absolute atomic E-state index is 0.176. The maximum atomic E-state index is 11.6. The van der Waals surface area contributed by atoms with E-state index in [1.165, 1.54) is 0 Å². The van der Waals surface area contributed by atoms with Gasteiger partial charge in [0.2, 0.25) is 10.0 Å². The molecule has 0 fully saturated rings. The van der Waals surface area contributed by atoms with Crippen molar-refractivity contribution in [3.05, 3.63) is 12.4 Å². The van der Waals surface area contributed by atoms with Crippen molar-refractivity contribution in [2.45, 2.75) is 26.3 Å². The molecule has 0 amide bonds. The van der Waals surface area contributed by atoms with Crippen molar-refractivity contribution in [1.82, 2.24) is 25.0 Å². The van der Waals surface area contributed by atoms with Gasteiger partial charge in [0.05, 0.1) is 18.5 Å². The Morgan fingerprint density at radius 2 is 2.11 bits per heavy atom. The van der Waals surface area contributed by atoms with Crippen LogP contribution in [0.25, 0.3) is 0 Å². The van der Waals surface area contributed by atoms with Crippen LogP contribution in [0.3, 0.4) is 0 Å². The second kappa shape index (κ2) is 8.17. The number of aromatic nitrogens is 3. The minimum Gasteiger partial charge on any atom is -0.317 e. The molecule has 0 aliphatic rings. The van der Waals surface area contributed by atoms with Crippen LogP contribution >= 0.6 is 0 Å². The Hall–Kier alpha value is -0.990. The molecule has 1 heterocycles. The third-order valence-corrected chi connectivity index (χ3v) is 3.87. The van der Waals surface area contributed by atoms with Crippen LogP contribution in [0.4, 0.5) is 0 Å². The summed E-state index contributed by atoms with van der Waals surface area (Å²) in [5.74, 6) is 0.176. The van der Waals surface area contributed by atoms with Gasteiger partial charge in [-0.15, -0.1) is 5.10 Å². The van der Waals surface area contributed by atoms with Gasteiger partial charge in [0.1, 0.15) is 0 Å². The van der Waals surface area contributed by atoms with Crippen LogP contribution in [-0.2, 0) is 16.6 Å². The lowest BCUT2D eigenvalue weighted by atomic mass is 10.3. The van der Waals surface area contributed by atoms with Gasteiger partial charge >= 0.3 is 0 Å². The van der Waals surface area contributed by atoms with Gasteiger partial charge in [-0.3, -0.25) is 4.68 Å². The first kappa shape index (κ1) is 15.1. The normalized spacial score (nSPS) is 11.8. The van der Waals surface area contributed by atoms with Crippen molar-refractivity contribution < 1.29 is 8.42 Å². The molecule has 1 rings (SSSR count). The molecule has 0 radical (unpaired) electrons. The summed E-state index contributed by atoms with van der Waals surface area (Å²) in [6, 6.07) is 0.